The molecule has 130 valence electrons. The van der Waals surface area contributed by atoms with Crippen LogP contribution >= 0.6 is 0 Å². The molecule has 25 heavy (non-hydrogen) atoms. The lowest BCUT2D eigenvalue weighted by molar-refractivity contribution is -0.110. The molecule has 0 saturated heterocycles. The number of sulfonamides is 1. The highest BCUT2D eigenvalue weighted by molar-refractivity contribution is 7.92. The smallest absolute Gasteiger partial charge is 0.256 e. The van der Waals surface area contributed by atoms with Crippen molar-refractivity contribution in [3.63, 3.8) is 0 Å². The summed E-state index contributed by atoms with van der Waals surface area (Å²) >= 11 is 0. The largest absolute Gasteiger partial charge is 0.497 e. The summed E-state index contributed by atoms with van der Waals surface area (Å²) in [6, 6.07) is 12.3. The Bertz CT molecular complexity index is 948. The first-order valence-electron chi connectivity index (χ1n) is 7.74. The molecule has 6 nitrogen and oxygen atoms in total. The summed E-state index contributed by atoms with van der Waals surface area (Å²) in [4.78, 5) is 12.3. The van der Waals surface area contributed by atoms with Gasteiger partial charge in [0.25, 0.3) is 5.91 Å². The number of methoxy groups -OCH3 is 1. The van der Waals surface area contributed by atoms with Gasteiger partial charge in [-0.3, -0.25) is 9.52 Å². The monoisotopic (exact) mass is 358 g/mol. The van der Waals surface area contributed by atoms with Gasteiger partial charge >= 0.3 is 0 Å². The minimum absolute atomic E-state index is 0.0180. The van der Waals surface area contributed by atoms with Crippen molar-refractivity contribution in [3.05, 3.63) is 53.6 Å². The van der Waals surface area contributed by atoms with Crippen LogP contribution in [0.15, 0.2) is 42.5 Å². The van der Waals surface area contributed by atoms with Gasteiger partial charge in [0.05, 0.1) is 12.9 Å². The number of carbonyl (C=O) groups is 1. The molecule has 0 spiro atoms. The van der Waals surface area contributed by atoms with E-state index in [4.69, 9.17) is 4.74 Å². The molecule has 1 amide bonds. The van der Waals surface area contributed by atoms with Gasteiger partial charge in [-0.15, -0.1) is 0 Å². The van der Waals surface area contributed by atoms with E-state index in [2.05, 4.69) is 10.0 Å². The van der Waals surface area contributed by atoms with Crippen molar-refractivity contribution in [1.82, 2.24) is 0 Å². The Balaban J connectivity index is 1.98. The van der Waals surface area contributed by atoms with Crippen LogP contribution in [0, 0.1) is 0 Å². The zero-order valence-corrected chi connectivity index (χ0v) is 14.7. The predicted octanol–water partition coefficient (Wildman–Crippen LogP) is 2.95. The Morgan fingerprint density at radius 3 is 2.52 bits per heavy atom. The molecule has 0 radical (unpaired) electrons. The van der Waals surface area contributed by atoms with Gasteiger partial charge in [-0.2, -0.15) is 0 Å². The normalized spacial score (nSPS) is 15.0. The van der Waals surface area contributed by atoms with Crippen LogP contribution in [0.1, 0.15) is 18.1 Å². The molecule has 0 atom stereocenters. The number of amides is 1. The lowest BCUT2D eigenvalue weighted by Crippen LogP contribution is -2.14. The number of benzene rings is 2. The van der Waals surface area contributed by atoms with Crippen LogP contribution < -0.4 is 14.8 Å². The molecule has 1 aliphatic heterocycles. The van der Waals surface area contributed by atoms with Gasteiger partial charge in [0, 0.05) is 22.5 Å². The number of anilines is 2. The quantitative estimate of drug-likeness (QED) is 0.805. The Labute approximate surface area is 146 Å². The van der Waals surface area contributed by atoms with Crippen molar-refractivity contribution in [2.24, 2.45) is 0 Å². The lowest BCUT2D eigenvalue weighted by Gasteiger charge is -2.08. The van der Waals surface area contributed by atoms with Gasteiger partial charge in [-0.1, -0.05) is 12.1 Å². The van der Waals surface area contributed by atoms with E-state index in [0.29, 0.717) is 22.5 Å². The number of hydrogen-bond acceptors (Lipinski definition) is 4. The van der Waals surface area contributed by atoms with Gasteiger partial charge < -0.3 is 10.1 Å². The molecule has 2 aromatic rings. The first kappa shape index (κ1) is 17.0. The molecular weight excluding hydrogens is 340 g/mol. The molecule has 0 saturated carbocycles. The first-order valence-corrected chi connectivity index (χ1v) is 9.39. The Kier molecular flexibility index (Phi) is 4.50. The van der Waals surface area contributed by atoms with E-state index in [9.17, 15) is 13.2 Å². The topological polar surface area (TPSA) is 84.5 Å². The van der Waals surface area contributed by atoms with Crippen LogP contribution in [-0.2, 0) is 14.8 Å². The molecule has 0 aliphatic carbocycles. The van der Waals surface area contributed by atoms with Crippen LogP contribution in [0.4, 0.5) is 11.4 Å². The Morgan fingerprint density at radius 1 is 1.16 bits per heavy atom. The summed E-state index contributed by atoms with van der Waals surface area (Å²) < 4.78 is 31.1. The fourth-order valence-electron chi connectivity index (χ4n) is 2.51. The van der Waals surface area contributed by atoms with Crippen molar-refractivity contribution in [2.45, 2.75) is 6.92 Å². The second-order valence-electron chi connectivity index (χ2n) is 5.55. The SMILES string of the molecule is CCS(=O)(=O)Nc1ccc2c(c1)C(=Cc1ccc(OC)cc1)C(=O)N2. The Morgan fingerprint density at radius 2 is 1.88 bits per heavy atom. The highest BCUT2D eigenvalue weighted by Crippen LogP contribution is 2.35. The van der Waals surface area contributed by atoms with E-state index in [0.717, 1.165) is 11.3 Å². The minimum atomic E-state index is -3.38. The van der Waals surface area contributed by atoms with Gasteiger partial charge in [0.1, 0.15) is 5.75 Å². The average molecular weight is 358 g/mol. The summed E-state index contributed by atoms with van der Waals surface area (Å²) in [5.41, 5.74) is 3.08. The van der Waals surface area contributed by atoms with E-state index in [1.807, 2.05) is 24.3 Å². The maximum atomic E-state index is 12.3. The molecule has 1 heterocycles. The van der Waals surface area contributed by atoms with Gasteiger partial charge in [0.15, 0.2) is 0 Å². The van der Waals surface area contributed by atoms with Crippen LogP contribution in [0.3, 0.4) is 0 Å². The summed E-state index contributed by atoms with van der Waals surface area (Å²) in [6.45, 7) is 1.57. The van der Waals surface area contributed by atoms with E-state index in [-0.39, 0.29) is 11.7 Å². The fraction of sp³-hybridized carbons (Fsp3) is 0.167. The summed E-state index contributed by atoms with van der Waals surface area (Å²) in [6.07, 6.45) is 1.76. The third kappa shape index (κ3) is 3.66. The number of carbonyl (C=O) groups excluding carboxylic acids is 1. The Hall–Kier alpha value is -2.80. The van der Waals surface area contributed by atoms with Crippen molar-refractivity contribution >= 4 is 39.0 Å². The van der Waals surface area contributed by atoms with E-state index in [1.54, 1.807) is 38.3 Å². The molecule has 2 N–H and O–H groups in total. The maximum Gasteiger partial charge on any atom is 0.256 e. The third-order valence-electron chi connectivity index (χ3n) is 3.88. The molecule has 0 unspecified atom stereocenters. The number of ether oxygens (including phenoxy) is 1. The van der Waals surface area contributed by atoms with E-state index in [1.165, 1.54) is 0 Å². The van der Waals surface area contributed by atoms with Crippen molar-refractivity contribution in [2.75, 3.05) is 22.9 Å². The minimum Gasteiger partial charge on any atom is -0.497 e. The highest BCUT2D eigenvalue weighted by Gasteiger charge is 2.24. The molecular formula is C18H18N2O4S. The number of nitrogens with one attached hydrogen (secondary N) is 2. The molecule has 0 bridgehead atoms. The van der Waals surface area contributed by atoms with E-state index < -0.39 is 10.0 Å². The summed E-state index contributed by atoms with van der Waals surface area (Å²) in [7, 11) is -1.79. The van der Waals surface area contributed by atoms with Gasteiger partial charge in [-0.25, -0.2) is 8.42 Å². The standard InChI is InChI=1S/C18H18N2O4S/c1-3-25(22,23)20-13-6-9-17-15(11-13)16(18(21)19-17)10-12-4-7-14(24-2)8-5-12/h4-11,20H,3H2,1-2H3,(H,19,21). The second-order valence-corrected chi connectivity index (χ2v) is 7.56. The number of rotatable bonds is 5. The van der Waals surface area contributed by atoms with Crippen LogP contribution in [0.5, 0.6) is 5.75 Å². The average Bonchev–Trinajstić information content (AvgIpc) is 2.90. The lowest BCUT2D eigenvalue weighted by atomic mass is 10.0. The molecule has 1 aliphatic rings. The van der Waals surface area contributed by atoms with E-state index >= 15 is 0 Å². The zero-order valence-electron chi connectivity index (χ0n) is 13.9. The van der Waals surface area contributed by atoms with Crippen molar-refractivity contribution in [3.8, 4) is 5.75 Å². The van der Waals surface area contributed by atoms with Crippen LogP contribution in [-0.4, -0.2) is 27.2 Å². The zero-order chi connectivity index (χ0) is 18.0. The highest BCUT2D eigenvalue weighted by atomic mass is 32.2. The van der Waals surface area contributed by atoms with Gasteiger partial charge in [0.2, 0.25) is 10.0 Å². The van der Waals surface area contributed by atoms with Crippen LogP contribution in [0.25, 0.3) is 11.6 Å². The third-order valence-corrected chi connectivity index (χ3v) is 5.19. The molecule has 3 rings (SSSR count). The van der Waals surface area contributed by atoms with Crippen LogP contribution in [0.2, 0.25) is 0 Å². The molecule has 2 aromatic carbocycles. The predicted molar refractivity (Wildman–Crippen MR) is 99.0 cm³/mol. The fourth-order valence-corrected chi connectivity index (χ4v) is 3.14. The second kappa shape index (κ2) is 6.60. The molecule has 0 fully saturated rings. The van der Waals surface area contributed by atoms with Crippen molar-refractivity contribution in [1.29, 1.82) is 0 Å². The summed E-state index contributed by atoms with van der Waals surface area (Å²) in [5.74, 6) is 0.492. The number of hydrogen-bond donors (Lipinski definition) is 2. The first-order chi connectivity index (χ1) is 11.9. The van der Waals surface area contributed by atoms with Crippen molar-refractivity contribution < 1.29 is 17.9 Å². The maximum absolute atomic E-state index is 12.3. The summed E-state index contributed by atoms with van der Waals surface area (Å²) in [5, 5.41) is 2.79. The number of fused-ring (bicyclic) bond motifs is 1. The van der Waals surface area contributed by atoms with Gasteiger partial charge in [-0.05, 0) is 48.9 Å². The molecule has 7 heteroatoms. The molecule has 0 aromatic heterocycles.